The molecule has 19 heavy (non-hydrogen) atoms. The fourth-order valence-electron chi connectivity index (χ4n) is 2.36. The number of hydrogen-bond donors (Lipinski definition) is 0. The molecule has 6 heteroatoms. The largest absolute Gasteiger partial charge is 0.329 e. The van der Waals surface area contributed by atoms with Crippen molar-refractivity contribution in [2.45, 2.75) is 18.9 Å². The van der Waals surface area contributed by atoms with E-state index >= 15 is 0 Å². The predicted molar refractivity (Wildman–Crippen MR) is 67.1 cm³/mol. The Hall–Kier alpha value is -2.37. The summed E-state index contributed by atoms with van der Waals surface area (Å²) in [5.74, 6) is -0.0961. The highest BCUT2D eigenvalue weighted by molar-refractivity contribution is 5.92. The van der Waals surface area contributed by atoms with Gasteiger partial charge in [-0.15, -0.1) is 0 Å². The Morgan fingerprint density at radius 2 is 1.89 bits per heavy atom. The van der Waals surface area contributed by atoms with Gasteiger partial charge in [0.15, 0.2) is 0 Å². The van der Waals surface area contributed by atoms with Gasteiger partial charge in [0.25, 0.3) is 5.91 Å². The van der Waals surface area contributed by atoms with E-state index < -0.39 is 0 Å². The number of carbonyl (C=O) groups is 1. The van der Waals surface area contributed by atoms with Crippen molar-refractivity contribution in [1.29, 1.82) is 0 Å². The third-order valence-corrected chi connectivity index (χ3v) is 3.22. The van der Waals surface area contributed by atoms with Crippen molar-refractivity contribution in [2.75, 3.05) is 6.54 Å². The molecule has 2 aromatic rings. The minimum atomic E-state index is -0.0961. The fourth-order valence-corrected chi connectivity index (χ4v) is 2.36. The van der Waals surface area contributed by atoms with Gasteiger partial charge in [0.2, 0.25) is 0 Å². The summed E-state index contributed by atoms with van der Waals surface area (Å²) in [6.45, 7) is 0.719. The summed E-state index contributed by atoms with van der Waals surface area (Å²) in [5.41, 5.74) is 1.20. The molecule has 0 unspecified atom stereocenters. The quantitative estimate of drug-likeness (QED) is 0.807. The highest BCUT2D eigenvalue weighted by Crippen LogP contribution is 2.31. The normalized spacial score (nSPS) is 18.5. The first-order valence-corrected chi connectivity index (χ1v) is 6.19. The zero-order chi connectivity index (χ0) is 13.1. The van der Waals surface area contributed by atoms with Crippen LogP contribution < -0.4 is 0 Å². The summed E-state index contributed by atoms with van der Waals surface area (Å²) in [5, 5.41) is 0. The predicted octanol–water partition coefficient (Wildman–Crippen LogP) is 1.24. The van der Waals surface area contributed by atoms with Gasteiger partial charge in [-0.1, -0.05) is 0 Å². The molecular weight excluding hydrogens is 242 g/mol. The van der Waals surface area contributed by atoms with Crippen molar-refractivity contribution in [1.82, 2.24) is 24.8 Å². The molecule has 3 rings (SSSR count). The monoisotopic (exact) mass is 255 g/mol. The van der Waals surface area contributed by atoms with E-state index in [2.05, 4.69) is 19.9 Å². The van der Waals surface area contributed by atoms with Crippen LogP contribution >= 0.6 is 0 Å². The van der Waals surface area contributed by atoms with E-state index in [0.29, 0.717) is 5.69 Å². The number of rotatable bonds is 2. The zero-order valence-corrected chi connectivity index (χ0v) is 10.3. The molecule has 0 aromatic carbocycles. The molecule has 1 saturated heterocycles. The minimum absolute atomic E-state index is 0.0109. The van der Waals surface area contributed by atoms with Gasteiger partial charge >= 0.3 is 0 Å². The topological polar surface area (TPSA) is 71.9 Å². The van der Waals surface area contributed by atoms with Crippen molar-refractivity contribution >= 4 is 5.91 Å². The van der Waals surface area contributed by atoms with Crippen molar-refractivity contribution in [3.05, 3.63) is 48.6 Å². The Morgan fingerprint density at radius 1 is 1.11 bits per heavy atom. The highest BCUT2D eigenvalue weighted by atomic mass is 16.2. The lowest BCUT2D eigenvalue weighted by atomic mass is 10.1. The molecule has 3 heterocycles. The van der Waals surface area contributed by atoms with Crippen LogP contribution in [0.15, 0.2) is 37.2 Å². The zero-order valence-electron chi connectivity index (χ0n) is 10.3. The number of aromatic nitrogens is 4. The summed E-state index contributed by atoms with van der Waals surface area (Å²) in [4.78, 5) is 30.6. The molecular formula is C13H13N5O. The molecule has 96 valence electrons. The molecule has 1 aliphatic heterocycles. The number of hydrogen-bond acceptors (Lipinski definition) is 5. The van der Waals surface area contributed by atoms with Crippen LogP contribution in [0.2, 0.25) is 0 Å². The van der Waals surface area contributed by atoms with E-state index in [0.717, 1.165) is 25.1 Å². The van der Waals surface area contributed by atoms with E-state index in [1.165, 1.54) is 12.4 Å². The minimum Gasteiger partial charge on any atom is -0.329 e. The Labute approximate surface area is 110 Å². The SMILES string of the molecule is O=C(c1cnccn1)N1CCC[C@@H]1c1cnccn1. The second kappa shape index (κ2) is 5.09. The van der Waals surface area contributed by atoms with Gasteiger partial charge in [0, 0.05) is 31.3 Å². The van der Waals surface area contributed by atoms with Gasteiger partial charge in [-0.3, -0.25) is 19.7 Å². The Bertz CT molecular complexity index is 560. The van der Waals surface area contributed by atoms with Gasteiger partial charge in [-0.25, -0.2) is 4.98 Å². The molecule has 6 nitrogen and oxygen atoms in total. The van der Waals surface area contributed by atoms with Gasteiger partial charge in [-0.05, 0) is 12.8 Å². The smallest absolute Gasteiger partial charge is 0.274 e. The van der Waals surface area contributed by atoms with E-state index in [4.69, 9.17) is 0 Å². The van der Waals surface area contributed by atoms with Gasteiger partial charge in [0.1, 0.15) is 5.69 Å². The average molecular weight is 255 g/mol. The van der Waals surface area contributed by atoms with E-state index in [-0.39, 0.29) is 11.9 Å². The third-order valence-electron chi connectivity index (χ3n) is 3.22. The highest BCUT2D eigenvalue weighted by Gasteiger charge is 2.32. The van der Waals surface area contributed by atoms with Crippen LogP contribution in [-0.2, 0) is 0 Å². The van der Waals surface area contributed by atoms with Gasteiger partial charge in [0.05, 0.1) is 24.1 Å². The maximum Gasteiger partial charge on any atom is 0.274 e. The second-order valence-electron chi connectivity index (χ2n) is 4.38. The van der Waals surface area contributed by atoms with Crippen molar-refractivity contribution in [3.63, 3.8) is 0 Å². The van der Waals surface area contributed by atoms with E-state index in [1.807, 2.05) is 0 Å². The lowest BCUT2D eigenvalue weighted by Crippen LogP contribution is -2.31. The van der Waals surface area contributed by atoms with Crippen LogP contribution in [0, 0.1) is 0 Å². The van der Waals surface area contributed by atoms with E-state index in [9.17, 15) is 4.79 Å². The molecule has 0 saturated carbocycles. The first-order chi connectivity index (χ1) is 9.36. The van der Waals surface area contributed by atoms with Crippen molar-refractivity contribution < 1.29 is 4.79 Å². The second-order valence-corrected chi connectivity index (χ2v) is 4.38. The maximum atomic E-state index is 12.4. The molecule has 0 radical (unpaired) electrons. The number of nitrogens with zero attached hydrogens (tertiary/aromatic N) is 5. The first kappa shape index (κ1) is 11.7. The summed E-state index contributed by atoms with van der Waals surface area (Å²) < 4.78 is 0. The number of carbonyl (C=O) groups excluding carboxylic acids is 1. The standard InChI is InChI=1S/C13H13N5O/c19-13(11-9-15-4-6-17-11)18-7-1-2-12(18)10-8-14-3-5-16-10/h3-6,8-9,12H,1-2,7H2/t12-/m1/s1. The molecule has 1 atom stereocenters. The summed E-state index contributed by atoms with van der Waals surface area (Å²) >= 11 is 0. The Kier molecular flexibility index (Phi) is 3.14. The van der Waals surface area contributed by atoms with Crippen LogP contribution in [0.25, 0.3) is 0 Å². The molecule has 0 N–H and O–H groups in total. The molecule has 1 fully saturated rings. The molecule has 2 aromatic heterocycles. The summed E-state index contributed by atoms with van der Waals surface area (Å²) in [7, 11) is 0. The molecule has 0 bridgehead atoms. The van der Waals surface area contributed by atoms with Crippen LogP contribution in [0.3, 0.4) is 0 Å². The molecule has 0 aliphatic carbocycles. The molecule has 1 aliphatic rings. The number of amides is 1. The molecule has 1 amide bonds. The van der Waals surface area contributed by atoms with Crippen LogP contribution in [0.4, 0.5) is 0 Å². The lowest BCUT2D eigenvalue weighted by Gasteiger charge is -2.23. The van der Waals surface area contributed by atoms with Crippen molar-refractivity contribution in [3.8, 4) is 0 Å². The van der Waals surface area contributed by atoms with E-state index in [1.54, 1.807) is 29.7 Å². The average Bonchev–Trinajstić information content (AvgIpc) is 2.98. The summed E-state index contributed by atoms with van der Waals surface area (Å²) in [6, 6.07) is -0.0109. The van der Waals surface area contributed by atoms with Gasteiger partial charge < -0.3 is 4.90 Å². The van der Waals surface area contributed by atoms with Crippen LogP contribution in [-0.4, -0.2) is 37.3 Å². The van der Waals surface area contributed by atoms with Crippen molar-refractivity contribution in [2.24, 2.45) is 0 Å². The first-order valence-electron chi connectivity index (χ1n) is 6.19. The number of likely N-dealkylation sites (tertiary alicyclic amines) is 1. The van der Waals surface area contributed by atoms with Crippen LogP contribution in [0.5, 0.6) is 0 Å². The van der Waals surface area contributed by atoms with Crippen LogP contribution in [0.1, 0.15) is 35.1 Å². The fraction of sp³-hybridized carbons (Fsp3) is 0.308. The Morgan fingerprint density at radius 3 is 2.58 bits per heavy atom. The Balaban J connectivity index is 1.86. The maximum absolute atomic E-state index is 12.4. The molecule has 0 spiro atoms. The lowest BCUT2D eigenvalue weighted by molar-refractivity contribution is 0.0726. The summed E-state index contributed by atoms with van der Waals surface area (Å²) in [6.07, 6.45) is 11.5. The third kappa shape index (κ3) is 2.29. The van der Waals surface area contributed by atoms with Gasteiger partial charge in [-0.2, -0.15) is 0 Å².